The summed E-state index contributed by atoms with van der Waals surface area (Å²) in [7, 11) is 0. The number of carbonyl (C=O) groups excluding carboxylic acids is 1. The molecule has 1 fully saturated rings. The number of likely N-dealkylation sites (tertiary alicyclic amines) is 1. The fraction of sp³-hybridized carbons (Fsp3) is 0.750. The van der Waals surface area contributed by atoms with Crippen molar-refractivity contribution in [2.75, 3.05) is 26.2 Å². The van der Waals surface area contributed by atoms with E-state index < -0.39 is 0 Å². The number of nitrogens with one attached hydrogen (secondary N) is 1. The number of urea groups is 1. The van der Waals surface area contributed by atoms with Gasteiger partial charge in [0.1, 0.15) is 0 Å². The first kappa shape index (κ1) is 16.8. The third-order valence-electron chi connectivity index (χ3n) is 4.35. The summed E-state index contributed by atoms with van der Waals surface area (Å²) in [5, 5.41) is 16.6. The van der Waals surface area contributed by atoms with Gasteiger partial charge in [0.2, 0.25) is 0 Å². The van der Waals surface area contributed by atoms with Gasteiger partial charge in [-0.05, 0) is 44.6 Å². The zero-order valence-electron chi connectivity index (χ0n) is 13.9. The number of aliphatic hydroxyl groups excluding tert-OH is 1. The van der Waals surface area contributed by atoms with Crippen molar-refractivity contribution in [2.24, 2.45) is 11.8 Å². The van der Waals surface area contributed by atoms with Gasteiger partial charge < -0.3 is 15.3 Å². The monoisotopic (exact) mass is 308 g/mol. The number of piperidine rings is 1. The minimum absolute atomic E-state index is 0.0107. The van der Waals surface area contributed by atoms with Crippen molar-refractivity contribution in [3.8, 4) is 0 Å². The summed E-state index contributed by atoms with van der Waals surface area (Å²) in [5.74, 6) is 0.686. The Morgan fingerprint density at radius 1 is 1.45 bits per heavy atom. The molecule has 0 aliphatic carbocycles. The van der Waals surface area contributed by atoms with Crippen LogP contribution in [-0.2, 0) is 6.54 Å². The molecular formula is C16H28N4O2. The summed E-state index contributed by atoms with van der Waals surface area (Å²) in [6.07, 6.45) is 1.79. The summed E-state index contributed by atoms with van der Waals surface area (Å²) < 4.78 is 2.00. The van der Waals surface area contributed by atoms with Crippen LogP contribution in [0.1, 0.15) is 31.2 Å². The number of nitrogens with zero attached hydrogens (tertiary/aromatic N) is 3. The Morgan fingerprint density at radius 2 is 2.14 bits per heavy atom. The second kappa shape index (κ2) is 7.63. The lowest BCUT2D eigenvalue weighted by Crippen LogP contribution is -2.46. The van der Waals surface area contributed by atoms with Crippen molar-refractivity contribution >= 4 is 6.03 Å². The van der Waals surface area contributed by atoms with Crippen LogP contribution in [-0.4, -0.2) is 52.1 Å². The van der Waals surface area contributed by atoms with E-state index >= 15 is 0 Å². The van der Waals surface area contributed by atoms with Gasteiger partial charge in [0, 0.05) is 38.5 Å². The second-order valence-electron chi connectivity index (χ2n) is 6.51. The Kier molecular flexibility index (Phi) is 5.83. The molecular weight excluding hydrogens is 280 g/mol. The molecule has 124 valence electrons. The Labute approximate surface area is 132 Å². The summed E-state index contributed by atoms with van der Waals surface area (Å²) in [5.41, 5.74) is 2.18. The number of hydrogen-bond donors (Lipinski definition) is 2. The van der Waals surface area contributed by atoms with Crippen molar-refractivity contribution < 1.29 is 9.90 Å². The number of carbonyl (C=O) groups is 1. The third-order valence-corrected chi connectivity index (χ3v) is 4.35. The van der Waals surface area contributed by atoms with Crippen molar-refractivity contribution in [3.05, 3.63) is 17.5 Å². The highest BCUT2D eigenvalue weighted by Crippen LogP contribution is 2.16. The largest absolute Gasteiger partial charge is 0.396 e. The van der Waals surface area contributed by atoms with Gasteiger partial charge >= 0.3 is 6.03 Å². The predicted octanol–water partition coefficient (Wildman–Crippen LogP) is 1.55. The van der Waals surface area contributed by atoms with Gasteiger partial charge in [-0.3, -0.25) is 4.68 Å². The standard InChI is InChI=1S/C16H28N4O2/c1-12(10-20-14(3)8-13(2)18-20)9-17-16(22)19-6-4-15(11-21)5-7-19/h8,12,15,21H,4-7,9-11H2,1-3H3,(H,17,22). The molecule has 0 bridgehead atoms. The van der Waals surface area contributed by atoms with Gasteiger partial charge in [0.25, 0.3) is 0 Å². The van der Waals surface area contributed by atoms with Crippen LogP contribution < -0.4 is 5.32 Å². The van der Waals surface area contributed by atoms with Gasteiger partial charge in [-0.1, -0.05) is 6.92 Å². The van der Waals surface area contributed by atoms with Crippen LogP contribution >= 0.6 is 0 Å². The molecule has 1 saturated heterocycles. The molecule has 6 nitrogen and oxygen atoms in total. The van der Waals surface area contributed by atoms with Crippen molar-refractivity contribution in [1.82, 2.24) is 20.0 Å². The Hall–Kier alpha value is -1.56. The van der Waals surface area contributed by atoms with Gasteiger partial charge in [-0.2, -0.15) is 5.10 Å². The van der Waals surface area contributed by atoms with E-state index in [0.717, 1.165) is 43.9 Å². The summed E-state index contributed by atoms with van der Waals surface area (Å²) >= 11 is 0. The Balaban J connectivity index is 1.73. The zero-order valence-corrected chi connectivity index (χ0v) is 13.9. The maximum Gasteiger partial charge on any atom is 0.317 e. The minimum atomic E-state index is 0.0107. The topological polar surface area (TPSA) is 70.4 Å². The number of rotatable bonds is 5. The highest BCUT2D eigenvalue weighted by atomic mass is 16.3. The molecule has 1 aromatic rings. The van der Waals surface area contributed by atoms with Crippen molar-refractivity contribution in [1.29, 1.82) is 0 Å². The van der Waals surface area contributed by atoms with Gasteiger partial charge in [0.15, 0.2) is 0 Å². The molecule has 2 rings (SSSR count). The van der Waals surface area contributed by atoms with E-state index in [1.54, 1.807) is 0 Å². The van der Waals surface area contributed by atoms with Crippen LogP contribution in [0, 0.1) is 25.7 Å². The Bertz CT molecular complexity index is 492. The quantitative estimate of drug-likeness (QED) is 0.867. The first-order chi connectivity index (χ1) is 10.5. The number of aromatic nitrogens is 2. The molecule has 2 N–H and O–H groups in total. The zero-order chi connectivity index (χ0) is 16.1. The van der Waals surface area contributed by atoms with Crippen LogP contribution in [0.15, 0.2) is 6.07 Å². The van der Waals surface area contributed by atoms with Crippen LogP contribution in [0.25, 0.3) is 0 Å². The van der Waals surface area contributed by atoms with Crippen molar-refractivity contribution in [3.63, 3.8) is 0 Å². The first-order valence-corrected chi connectivity index (χ1v) is 8.14. The molecule has 1 atom stereocenters. The Morgan fingerprint density at radius 3 is 2.68 bits per heavy atom. The van der Waals surface area contributed by atoms with E-state index in [0.29, 0.717) is 18.4 Å². The highest BCUT2D eigenvalue weighted by molar-refractivity contribution is 5.74. The molecule has 1 unspecified atom stereocenters. The highest BCUT2D eigenvalue weighted by Gasteiger charge is 2.22. The van der Waals surface area contributed by atoms with Crippen LogP contribution in [0.3, 0.4) is 0 Å². The van der Waals surface area contributed by atoms with Gasteiger partial charge in [-0.15, -0.1) is 0 Å². The normalized spacial score (nSPS) is 17.5. The first-order valence-electron chi connectivity index (χ1n) is 8.14. The third kappa shape index (κ3) is 4.47. The van der Waals surface area contributed by atoms with Crippen molar-refractivity contribution in [2.45, 2.75) is 40.2 Å². The average molecular weight is 308 g/mol. The number of aliphatic hydroxyl groups is 1. The molecule has 22 heavy (non-hydrogen) atoms. The average Bonchev–Trinajstić information content (AvgIpc) is 2.82. The number of hydrogen-bond acceptors (Lipinski definition) is 3. The van der Waals surface area contributed by atoms with E-state index in [1.165, 1.54) is 0 Å². The SMILES string of the molecule is Cc1cc(C)n(CC(C)CNC(=O)N2CCC(CO)CC2)n1. The smallest absolute Gasteiger partial charge is 0.317 e. The van der Waals surface area contributed by atoms with Gasteiger partial charge in [-0.25, -0.2) is 4.79 Å². The molecule has 1 aromatic heterocycles. The maximum absolute atomic E-state index is 12.2. The lowest BCUT2D eigenvalue weighted by Gasteiger charge is -2.31. The number of amides is 2. The molecule has 0 saturated carbocycles. The lowest BCUT2D eigenvalue weighted by molar-refractivity contribution is 0.136. The van der Waals surface area contributed by atoms with E-state index in [1.807, 2.05) is 16.5 Å². The molecule has 1 aliphatic rings. The minimum Gasteiger partial charge on any atom is -0.396 e. The maximum atomic E-state index is 12.2. The van der Waals surface area contributed by atoms with E-state index in [4.69, 9.17) is 5.11 Å². The summed E-state index contributed by atoms with van der Waals surface area (Å²) in [4.78, 5) is 14.0. The fourth-order valence-corrected chi connectivity index (χ4v) is 2.91. The fourth-order valence-electron chi connectivity index (χ4n) is 2.91. The molecule has 2 amide bonds. The lowest BCUT2D eigenvalue weighted by atomic mass is 9.98. The number of aryl methyl sites for hydroxylation is 2. The predicted molar refractivity (Wildman–Crippen MR) is 85.6 cm³/mol. The van der Waals surface area contributed by atoms with E-state index in [9.17, 15) is 4.79 Å². The van der Waals surface area contributed by atoms with Gasteiger partial charge in [0.05, 0.1) is 5.69 Å². The molecule has 2 heterocycles. The molecule has 6 heteroatoms. The second-order valence-corrected chi connectivity index (χ2v) is 6.51. The molecule has 1 aliphatic heterocycles. The molecule has 0 radical (unpaired) electrons. The summed E-state index contributed by atoms with van der Waals surface area (Å²) in [6, 6.07) is 2.08. The van der Waals surface area contributed by atoms with Crippen LogP contribution in [0.4, 0.5) is 4.79 Å². The molecule has 0 spiro atoms. The van der Waals surface area contributed by atoms with E-state index in [-0.39, 0.29) is 12.6 Å². The van der Waals surface area contributed by atoms with E-state index in [2.05, 4.69) is 30.3 Å². The van der Waals surface area contributed by atoms with Crippen LogP contribution in [0.5, 0.6) is 0 Å². The molecule has 0 aromatic carbocycles. The van der Waals surface area contributed by atoms with Crippen LogP contribution in [0.2, 0.25) is 0 Å². The summed E-state index contributed by atoms with van der Waals surface area (Å²) in [6.45, 7) is 9.34.